The Kier molecular flexibility index (Phi) is 6.12. The van der Waals surface area contributed by atoms with Crippen LogP contribution in [0.4, 0.5) is 18.0 Å². The molecule has 0 aliphatic heterocycles. The molecule has 2 N–H and O–H groups in total. The lowest BCUT2D eigenvalue weighted by atomic mass is 10.1. The number of hydrogen-bond acceptors (Lipinski definition) is 1. The molecule has 15 heavy (non-hydrogen) atoms. The van der Waals surface area contributed by atoms with Crippen LogP contribution in [0.3, 0.4) is 0 Å². The fraction of sp³-hybridized carbons (Fsp3) is 0.889. The molecule has 6 heteroatoms. The summed E-state index contributed by atoms with van der Waals surface area (Å²) < 4.78 is 35.0. The van der Waals surface area contributed by atoms with Gasteiger partial charge >= 0.3 is 12.2 Å². The Hall–Kier alpha value is -0.940. The molecule has 0 unspecified atom stereocenters. The largest absolute Gasteiger partial charge is 0.405 e. The van der Waals surface area contributed by atoms with E-state index in [0.717, 1.165) is 12.8 Å². The van der Waals surface area contributed by atoms with Crippen LogP contribution in [0.2, 0.25) is 0 Å². The molecule has 0 rings (SSSR count). The molecule has 0 saturated carbocycles. The van der Waals surface area contributed by atoms with Crippen molar-refractivity contribution >= 4 is 6.03 Å². The van der Waals surface area contributed by atoms with Crippen molar-refractivity contribution in [3.05, 3.63) is 0 Å². The van der Waals surface area contributed by atoms with Crippen LogP contribution in [0.1, 0.15) is 26.7 Å². The smallest absolute Gasteiger partial charge is 0.338 e. The van der Waals surface area contributed by atoms with Crippen LogP contribution in [0.25, 0.3) is 0 Å². The summed E-state index contributed by atoms with van der Waals surface area (Å²) in [5.41, 5.74) is 0. The standard InChI is InChI=1S/C9H17F3N2O/c1-7(2)4-3-5-13-8(15)14-6-9(10,11)12/h7H,3-6H2,1-2H3,(H2,13,14,15). The second-order valence-corrected chi connectivity index (χ2v) is 3.76. The van der Waals surface area contributed by atoms with E-state index in [9.17, 15) is 18.0 Å². The van der Waals surface area contributed by atoms with Gasteiger partial charge in [0.25, 0.3) is 0 Å². The van der Waals surface area contributed by atoms with Crippen LogP contribution >= 0.6 is 0 Å². The number of hydrogen-bond donors (Lipinski definition) is 2. The van der Waals surface area contributed by atoms with Gasteiger partial charge in [-0.25, -0.2) is 4.79 Å². The van der Waals surface area contributed by atoms with E-state index in [-0.39, 0.29) is 0 Å². The van der Waals surface area contributed by atoms with Gasteiger partial charge in [0.15, 0.2) is 0 Å². The number of carbonyl (C=O) groups excluding carboxylic acids is 1. The van der Waals surface area contributed by atoms with Crippen molar-refractivity contribution in [1.29, 1.82) is 0 Å². The van der Waals surface area contributed by atoms with E-state index < -0.39 is 18.8 Å². The number of rotatable bonds is 5. The average molecular weight is 226 g/mol. The molecule has 0 radical (unpaired) electrons. The molecule has 3 nitrogen and oxygen atoms in total. The third-order valence-electron chi connectivity index (χ3n) is 1.69. The van der Waals surface area contributed by atoms with Crippen molar-refractivity contribution < 1.29 is 18.0 Å². The molecule has 90 valence electrons. The van der Waals surface area contributed by atoms with Gasteiger partial charge in [-0.2, -0.15) is 13.2 Å². The minimum atomic E-state index is -4.35. The number of halogens is 3. The molecule has 0 saturated heterocycles. The zero-order valence-electron chi connectivity index (χ0n) is 8.95. The summed E-state index contributed by atoms with van der Waals surface area (Å²) in [6.07, 6.45) is -2.63. The molecule has 0 aromatic heterocycles. The van der Waals surface area contributed by atoms with Crippen molar-refractivity contribution in [2.24, 2.45) is 5.92 Å². The summed E-state index contributed by atoms with van der Waals surface area (Å²) >= 11 is 0. The van der Waals surface area contributed by atoms with Crippen molar-refractivity contribution in [1.82, 2.24) is 10.6 Å². The minimum absolute atomic E-state index is 0.405. The zero-order valence-corrected chi connectivity index (χ0v) is 8.95. The topological polar surface area (TPSA) is 41.1 Å². The van der Waals surface area contributed by atoms with Gasteiger partial charge in [-0.05, 0) is 18.8 Å². The summed E-state index contributed by atoms with van der Waals surface area (Å²) in [6, 6.07) is -0.768. The molecule has 0 fully saturated rings. The van der Waals surface area contributed by atoms with Gasteiger partial charge < -0.3 is 10.6 Å². The van der Waals surface area contributed by atoms with E-state index in [0.29, 0.717) is 12.5 Å². The third kappa shape index (κ3) is 11.0. The van der Waals surface area contributed by atoms with Crippen LogP contribution in [-0.2, 0) is 0 Å². The molecule has 0 aromatic carbocycles. The first-order valence-corrected chi connectivity index (χ1v) is 4.89. The van der Waals surface area contributed by atoms with Gasteiger partial charge in [-0.3, -0.25) is 0 Å². The highest BCUT2D eigenvalue weighted by atomic mass is 19.4. The molecular weight excluding hydrogens is 209 g/mol. The number of carbonyl (C=O) groups is 1. The second kappa shape index (κ2) is 6.53. The summed E-state index contributed by atoms with van der Waals surface area (Å²) in [5.74, 6) is 0.532. The van der Waals surface area contributed by atoms with Gasteiger partial charge in [0.1, 0.15) is 6.54 Å². The van der Waals surface area contributed by atoms with Crippen LogP contribution in [0.15, 0.2) is 0 Å². The first-order chi connectivity index (χ1) is 6.81. The lowest BCUT2D eigenvalue weighted by molar-refractivity contribution is -0.122. The Morgan fingerprint density at radius 2 is 1.87 bits per heavy atom. The van der Waals surface area contributed by atoms with E-state index >= 15 is 0 Å². The summed E-state index contributed by atoms with van der Waals surface area (Å²) in [5, 5.41) is 4.10. The van der Waals surface area contributed by atoms with Crippen LogP contribution in [-0.4, -0.2) is 25.3 Å². The summed E-state index contributed by atoms with van der Waals surface area (Å²) in [7, 11) is 0. The SMILES string of the molecule is CC(C)CCCNC(=O)NCC(F)(F)F. The minimum Gasteiger partial charge on any atom is -0.338 e. The first kappa shape index (κ1) is 14.1. The van der Waals surface area contributed by atoms with Gasteiger partial charge in [0, 0.05) is 6.54 Å². The second-order valence-electron chi connectivity index (χ2n) is 3.76. The van der Waals surface area contributed by atoms with E-state index in [1.54, 1.807) is 5.32 Å². The Morgan fingerprint density at radius 1 is 1.27 bits per heavy atom. The quantitative estimate of drug-likeness (QED) is 0.694. The number of urea groups is 1. The van der Waals surface area contributed by atoms with Crippen molar-refractivity contribution in [2.75, 3.05) is 13.1 Å². The first-order valence-electron chi connectivity index (χ1n) is 4.89. The lowest BCUT2D eigenvalue weighted by Gasteiger charge is -2.10. The van der Waals surface area contributed by atoms with E-state index in [2.05, 4.69) is 5.32 Å². The molecule has 0 atom stereocenters. The van der Waals surface area contributed by atoms with Crippen molar-refractivity contribution in [3.8, 4) is 0 Å². The van der Waals surface area contributed by atoms with Gasteiger partial charge in [-0.15, -0.1) is 0 Å². The number of amides is 2. The molecule has 0 spiro atoms. The fourth-order valence-corrected chi connectivity index (χ4v) is 0.955. The maximum atomic E-state index is 11.7. The molecule has 0 aliphatic carbocycles. The van der Waals surface area contributed by atoms with Gasteiger partial charge in [0.05, 0.1) is 0 Å². The highest BCUT2D eigenvalue weighted by Crippen LogP contribution is 2.11. The normalized spacial score (nSPS) is 11.6. The Bertz CT molecular complexity index is 192. The number of nitrogens with one attached hydrogen (secondary N) is 2. The molecule has 0 aromatic rings. The van der Waals surface area contributed by atoms with E-state index in [1.165, 1.54) is 0 Å². The predicted octanol–water partition coefficient (Wildman–Crippen LogP) is 2.28. The maximum Gasteiger partial charge on any atom is 0.405 e. The van der Waals surface area contributed by atoms with Crippen molar-refractivity contribution in [3.63, 3.8) is 0 Å². The van der Waals surface area contributed by atoms with Crippen LogP contribution < -0.4 is 10.6 Å². The zero-order chi connectivity index (χ0) is 11.9. The summed E-state index contributed by atoms with van der Waals surface area (Å²) in [6.45, 7) is 3.21. The molecule has 0 aliphatic rings. The third-order valence-corrected chi connectivity index (χ3v) is 1.69. The van der Waals surface area contributed by atoms with E-state index in [1.807, 2.05) is 13.8 Å². The highest BCUT2D eigenvalue weighted by molar-refractivity contribution is 5.73. The maximum absolute atomic E-state index is 11.7. The molecular formula is C9H17F3N2O. The Morgan fingerprint density at radius 3 is 2.33 bits per heavy atom. The Balaban J connectivity index is 3.42. The van der Waals surface area contributed by atoms with Crippen LogP contribution in [0.5, 0.6) is 0 Å². The Labute approximate surface area is 87.4 Å². The fourth-order valence-electron chi connectivity index (χ4n) is 0.955. The summed E-state index contributed by atoms with van der Waals surface area (Å²) in [4.78, 5) is 10.8. The molecule has 0 heterocycles. The number of alkyl halides is 3. The van der Waals surface area contributed by atoms with Crippen molar-refractivity contribution in [2.45, 2.75) is 32.9 Å². The molecule has 0 bridgehead atoms. The average Bonchev–Trinajstić information content (AvgIpc) is 2.07. The predicted molar refractivity (Wildman–Crippen MR) is 51.5 cm³/mol. The monoisotopic (exact) mass is 226 g/mol. The van der Waals surface area contributed by atoms with Gasteiger partial charge in [-0.1, -0.05) is 13.8 Å². The molecule has 2 amide bonds. The van der Waals surface area contributed by atoms with Crippen LogP contribution in [0, 0.1) is 5.92 Å². The van der Waals surface area contributed by atoms with Gasteiger partial charge in [0.2, 0.25) is 0 Å². The lowest BCUT2D eigenvalue weighted by Crippen LogP contribution is -2.41. The van der Waals surface area contributed by atoms with E-state index in [4.69, 9.17) is 0 Å². The highest BCUT2D eigenvalue weighted by Gasteiger charge is 2.27.